The highest BCUT2D eigenvalue weighted by atomic mass is 79.9. The van der Waals surface area contributed by atoms with Crippen molar-refractivity contribution < 1.29 is 4.79 Å². The number of nitrogens with zero attached hydrogens (tertiary/aromatic N) is 2. The van der Waals surface area contributed by atoms with E-state index in [9.17, 15) is 4.79 Å². The van der Waals surface area contributed by atoms with Crippen molar-refractivity contribution in [3.8, 4) is 0 Å². The number of likely N-dealkylation sites (N-methyl/N-ethyl adjacent to an activating group) is 1. The summed E-state index contributed by atoms with van der Waals surface area (Å²) in [4.78, 5) is 15.8. The van der Waals surface area contributed by atoms with E-state index in [-0.39, 0.29) is 18.1 Å². The average Bonchev–Trinajstić information content (AvgIpc) is 2.66. The van der Waals surface area contributed by atoms with Crippen molar-refractivity contribution in [2.45, 2.75) is 19.0 Å². The van der Waals surface area contributed by atoms with Crippen LogP contribution in [0.15, 0.2) is 28.7 Å². The van der Waals surface area contributed by atoms with E-state index in [1.54, 1.807) is 4.90 Å². The van der Waals surface area contributed by atoms with E-state index in [2.05, 4.69) is 28.1 Å². The molecule has 2 atom stereocenters. The zero-order valence-corrected chi connectivity index (χ0v) is 12.2. The fourth-order valence-corrected chi connectivity index (χ4v) is 2.68. The second kappa shape index (κ2) is 5.28. The van der Waals surface area contributed by atoms with Gasteiger partial charge >= 0.3 is 6.03 Å². The van der Waals surface area contributed by atoms with Crippen molar-refractivity contribution in [2.75, 3.05) is 20.1 Å². The first kappa shape index (κ1) is 13.4. The molecule has 5 heteroatoms. The van der Waals surface area contributed by atoms with Gasteiger partial charge in [0.15, 0.2) is 0 Å². The number of urea groups is 1. The Morgan fingerprint density at radius 3 is 2.89 bits per heavy atom. The number of hydrogen-bond donors (Lipinski definition) is 1. The first-order valence-electron chi connectivity index (χ1n) is 6.03. The molecule has 1 aromatic carbocycles. The van der Waals surface area contributed by atoms with Crippen molar-refractivity contribution in [1.29, 1.82) is 0 Å². The zero-order chi connectivity index (χ0) is 13.3. The van der Waals surface area contributed by atoms with E-state index in [4.69, 9.17) is 5.73 Å². The Hall–Kier alpha value is -1.07. The summed E-state index contributed by atoms with van der Waals surface area (Å²) in [6, 6.07) is 8.33. The number of halogens is 1. The summed E-state index contributed by atoms with van der Waals surface area (Å²) >= 11 is 3.46. The number of hydrogen-bond acceptors (Lipinski definition) is 2. The maximum absolute atomic E-state index is 12.2. The molecule has 0 bridgehead atoms. The van der Waals surface area contributed by atoms with E-state index in [0.717, 1.165) is 10.0 Å². The Kier molecular flexibility index (Phi) is 3.92. The number of carbonyl (C=O) groups excluding carboxylic acids is 1. The van der Waals surface area contributed by atoms with Gasteiger partial charge in [-0.1, -0.05) is 28.1 Å². The molecule has 2 unspecified atom stereocenters. The van der Waals surface area contributed by atoms with Crippen LogP contribution in [0.3, 0.4) is 0 Å². The van der Waals surface area contributed by atoms with Gasteiger partial charge < -0.3 is 15.5 Å². The second-order valence-electron chi connectivity index (χ2n) is 4.70. The van der Waals surface area contributed by atoms with Gasteiger partial charge in [0.05, 0.1) is 6.04 Å². The molecule has 0 saturated carbocycles. The van der Waals surface area contributed by atoms with E-state index in [0.29, 0.717) is 13.1 Å². The predicted octanol–water partition coefficient (Wildman–Crippen LogP) is 2.20. The largest absolute Gasteiger partial charge is 0.328 e. The Morgan fingerprint density at radius 2 is 2.28 bits per heavy atom. The number of amides is 2. The van der Waals surface area contributed by atoms with Crippen molar-refractivity contribution in [2.24, 2.45) is 5.73 Å². The Labute approximate surface area is 116 Å². The normalized spacial score (nSPS) is 21.6. The summed E-state index contributed by atoms with van der Waals surface area (Å²) in [7, 11) is 1.84. The first-order valence-corrected chi connectivity index (χ1v) is 6.83. The summed E-state index contributed by atoms with van der Waals surface area (Å²) in [5, 5.41) is 0. The summed E-state index contributed by atoms with van der Waals surface area (Å²) in [5.41, 5.74) is 6.79. The SMILES string of the molecule is CC(CN)N1CC(c2cccc(Br)c2)N(C)C1=O. The van der Waals surface area contributed by atoms with E-state index >= 15 is 0 Å². The van der Waals surface area contributed by atoms with Crippen LogP contribution < -0.4 is 5.73 Å². The van der Waals surface area contributed by atoms with Crippen LogP contribution in [-0.4, -0.2) is 42.0 Å². The van der Waals surface area contributed by atoms with Crippen LogP contribution in [0, 0.1) is 0 Å². The van der Waals surface area contributed by atoms with Crippen LogP contribution >= 0.6 is 15.9 Å². The fourth-order valence-electron chi connectivity index (χ4n) is 2.26. The molecular weight excluding hydrogens is 294 g/mol. The summed E-state index contributed by atoms with van der Waals surface area (Å²) < 4.78 is 1.03. The maximum Gasteiger partial charge on any atom is 0.320 e. The number of nitrogens with two attached hydrogens (primary N) is 1. The molecule has 2 amide bonds. The highest BCUT2D eigenvalue weighted by Crippen LogP contribution is 2.30. The number of benzene rings is 1. The minimum atomic E-state index is 0.0536. The monoisotopic (exact) mass is 311 g/mol. The molecule has 1 saturated heterocycles. The van der Waals surface area contributed by atoms with Gasteiger partial charge in [-0.25, -0.2) is 4.79 Å². The molecule has 98 valence electrons. The molecule has 1 aliphatic rings. The smallest absolute Gasteiger partial charge is 0.320 e. The van der Waals surface area contributed by atoms with Gasteiger partial charge in [0.2, 0.25) is 0 Å². The highest BCUT2D eigenvalue weighted by molar-refractivity contribution is 9.10. The third-order valence-electron chi connectivity index (χ3n) is 3.49. The molecule has 2 rings (SSSR count). The van der Waals surface area contributed by atoms with E-state index in [1.165, 1.54) is 0 Å². The van der Waals surface area contributed by atoms with Gasteiger partial charge in [0.25, 0.3) is 0 Å². The summed E-state index contributed by atoms with van der Waals surface area (Å²) in [6.07, 6.45) is 0. The number of carbonyl (C=O) groups is 1. The second-order valence-corrected chi connectivity index (χ2v) is 5.62. The predicted molar refractivity (Wildman–Crippen MR) is 75.3 cm³/mol. The van der Waals surface area contributed by atoms with Crippen LogP contribution in [0.5, 0.6) is 0 Å². The zero-order valence-electron chi connectivity index (χ0n) is 10.6. The maximum atomic E-state index is 12.2. The standard InChI is InChI=1S/C13H18BrN3O/c1-9(7-15)17-8-12(16(2)13(17)18)10-4-3-5-11(14)6-10/h3-6,9,12H,7-8,15H2,1-2H3. The lowest BCUT2D eigenvalue weighted by Crippen LogP contribution is -2.40. The topological polar surface area (TPSA) is 49.6 Å². The molecule has 0 radical (unpaired) electrons. The van der Waals surface area contributed by atoms with Gasteiger partial charge in [-0.05, 0) is 24.6 Å². The van der Waals surface area contributed by atoms with Crippen molar-refractivity contribution in [1.82, 2.24) is 9.80 Å². The quantitative estimate of drug-likeness (QED) is 0.930. The molecule has 18 heavy (non-hydrogen) atoms. The van der Waals surface area contributed by atoms with E-state index in [1.807, 2.05) is 31.0 Å². The third-order valence-corrected chi connectivity index (χ3v) is 3.98. The molecule has 1 fully saturated rings. The summed E-state index contributed by atoms with van der Waals surface area (Å²) in [5.74, 6) is 0. The molecule has 1 aromatic rings. The molecule has 2 N–H and O–H groups in total. The molecule has 4 nitrogen and oxygen atoms in total. The molecule has 1 heterocycles. The molecule has 0 aliphatic carbocycles. The van der Waals surface area contributed by atoms with Crippen molar-refractivity contribution in [3.05, 3.63) is 34.3 Å². The Bertz CT molecular complexity index is 452. The Balaban J connectivity index is 2.23. The minimum absolute atomic E-state index is 0.0536. The fraction of sp³-hybridized carbons (Fsp3) is 0.462. The van der Waals surface area contributed by atoms with Crippen LogP contribution in [0.1, 0.15) is 18.5 Å². The Morgan fingerprint density at radius 1 is 1.56 bits per heavy atom. The minimum Gasteiger partial charge on any atom is -0.328 e. The van der Waals surface area contributed by atoms with Crippen LogP contribution in [0.2, 0.25) is 0 Å². The van der Waals surface area contributed by atoms with Gasteiger partial charge in [-0.2, -0.15) is 0 Å². The van der Waals surface area contributed by atoms with Gasteiger partial charge in [0.1, 0.15) is 0 Å². The average molecular weight is 312 g/mol. The lowest BCUT2D eigenvalue weighted by molar-refractivity contribution is 0.185. The number of rotatable bonds is 3. The van der Waals surface area contributed by atoms with Crippen molar-refractivity contribution >= 4 is 22.0 Å². The molecule has 0 spiro atoms. The first-order chi connectivity index (χ1) is 8.54. The highest BCUT2D eigenvalue weighted by Gasteiger charge is 2.37. The van der Waals surface area contributed by atoms with Crippen LogP contribution in [0.25, 0.3) is 0 Å². The lowest BCUT2D eigenvalue weighted by atomic mass is 10.1. The van der Waals surface area contributed by atoms with E-state index < -0.39 is 0 Å². The van der Waals surface area contributed by atoms with Crippen LogP contribution in [0.4, 0.5) is 4.79 Å². The van der Waals surface area contributed by atoms with Gasteiger partial charge in [-0.15, -0.1) is 0 Å². The van der Waals surface area contributed by atoms with Gasteiger partial charge in [-0.3, -0.25) is 0 Å². The van der Waals surface area contributed by atoms with Crippen molar-refractivity contribution in [3.63, 3.8) is 0 Å². The molecule has 0 aromatic heterocycles. The van der Waals surface area contributed by atoms with Crippen LogP contribution in [-0.2, 0) is 0 Å². The van der Waals surface area contributed by atoms with Gasteiger partial charge in [0, 0.05) is 30.7 Å². The molecule has 1 aliphatic heterocycles. The summed E-state index contributed by atoms with van der Waals surface area (Å²) in [6.45, 7) is 3.17. The third kappa shape index (κ3) is 2.37. The lowest BCUT2D eigenvalue weighted by Gasteiger charge is -2.21. The molecular formula is C13H18BrN3O.